The van der Waals surface area contributed by atoms with Gasteiger partial charge in [0.15, 0.2) is 5.92 Å². The molecule has 0 bridgehead atoms. The zero-order valence-electron chi connectivity index (χ0n) is 12.7. The van der Waals surface area contributed by atoms with Crippen molar-refractivity contribution < 1.29 is 19.1 Å². The predicted molar refractivity (Wildman–Crippen MR) is 80.5 cm³/mol. The Morgan fingerprint density at radius 1 is 1.50 bits per heavy atom. The first-order valence-electron chi connectivity index (χ1n) is 7.50. The van der Waals surface area contributed by atoms with Crippen LogP contribution in [0.5, 0.6) is 0 Å². The summed E-state index contributed by atoms with van der Waals surface area (Å²) in [6.07, 6.45) is 3.90. The number of carbonyl (C=O) groups is 3. The first-order chi connectivity index (χ1) is 10.6. The van der Waals surface area contributed by atoms with Crippen molar-refractivity contribution in [2.45, 2.75) is 32.3 Å². The number of hydrogen-bond acceptors (Lipinski definition) is 5. The minimum atomic E-state index is -1.04. The van der Waals surface area contributed by atoms with E-state index in [2.05, 4.69) is 16.9 Å². The molecule has 2 saturated heterocycles. The van der Waals surface area contributed by atoms with Crippen LogP contribution >= 0.6 is 0 Å². The van der Waals surface area contributed by atoms with Gasteiger partial charge in [-0.3, -0.25) is 24.8 Å². The van der Waals surface area contributed by atoms with Gasteiger partial charge < -0.3 is 4.74 Å². The Morgan fingerprint density at radius 3 is 2.86 bits per heavy atom. The van der Waals surface area contributed by atoms with E-state index in [4.69, 9.17) is 4.74 Å². The van der Waals surface area contributed by atoms with Crippen molar-refractivity contribution in [1.82, 2.24) is 10.2 Å². The first kappa shape index (κ1) is 16.4. The van der Waals surface area contributed by atoms with Crippen LogP contribution in [-0.2, 0) is 14.3 Å². The molecule has 0 aliphatic carbocycles. The number of nitrogens with one attached hydrogen (secondary N) is 1. The van der Waals surface area contributed by atoms with Gasteiger partial charge in [0, 0.05) is 18.9 Å². The molecule has 0 spiro atoms. The molecule has 0 aromatic heterocycles. The molecule has 2 aliphatic rings. The van der Waals surface area contributed by atoms with Crippen LogP contribution < -0.4 is 5.32 Å². The summed E-state index contributed by atoms with van der Waals surface area (Å²) in [5.74, 6) is -2.19. The van der Waals surface area contributed by atoms with Crippen molar-refractivity contribution in [1.29, 1.82) is 0 Å². The van der Waals surface area contributed by atoms with Crippen LogP contribution in [0.25, 0.3) is 0 Å². The van der Waals surface area contributed by atoms with Crippen molar-refractivity contribution in [3.05, 3.63) is 12.7 Å². The molecule has 120 valence electrons. The Hall–Kier alpha value is -2.02. The zero-order chi connectivity index (χ0) is 16.1. The summed E-state index contributed by atoms with van der Waals surface area (Å²) < 4.78 is 5.50. The molecule has 2 heterocycles. The zero-order valence-corrected chi connectivity index (χ0v) is 12.7. The monoisotopic (exact) mass is 307 g/mol. The molecular weight excluding hydrogens is 286 g/mol. The van der Waals surface area contributed by atoms with Gasteiger partial charge >= 0.3 is 6.03 Å². The second kappa shape index (κ2) is 7.31. The van der Waals surface area contributed by atoms with E-state index in [1.807, 2.05) is 6.92 Å². The molecule has 0 aromatic rings. The van der Waals surface area contributed by atoms with E-state index < -0.39 is 23.8 Å². The maximum Gasteiger partial charge on any atom is 0.331 e. The van der Waals surface area contributed by atoms with Gasteiger partial charge in [0.2, 0.25) is 11.8 Å². The van der Waals surface area contributed by atoms with Crippen LogP contribution in [0.15, 0.2) is 17.6 Å². The Balaban J connectivity index is 2.16. The maximum atomic E-state index is 12.4. The number of urea groups is 1. The summed E-state index contributed by atoms with van der Waals surface area (Å²) in [5.41, 5.74) is 0.486. The molecule has 0 radical (unpaired) electrons. The van der Waals surface area contributed by atoms with Crippen molar-refractivity contribution in [3.63, 3.8) is 0 Å². The molecule has 0 aromatic carbocycles. The van der Waals surface area contributed by atoms with E-state index in [0.717, 1.165) is 24.3 Å². The number of nitrogens with zero attached hydrogens (tertiary/aromatic N) is 2. The highest BCUT2D eigenvalue weighted by Gasteiger charge is 2.42. The van der Waals surface area contributed by atoms with Crippen LogP contribution in [-0.4, -0.2) is 54.3 Å². The van der Waals surface area contributed by atoms with Gasteiger partial charge in [0.05, 0.1) is 12.6 Å². The topological polar surface area (TPSA) is 88.1 Å². The Labute approximate surface area is 129 Å². The molecule has 4 amide bonds. The summed E-state index contributed by atoms with van der Waals surface area (Å²) in [6.45, 7) is 6.59. The minimum Gasteiger partial charge on any atom is -0.376 e. The molecule has 22 heavy (non-hydrogen) atoms. The lowest BCUT2D eigenvalue weighted by Gasteiger charge is -2.30. The average molecular weight is 307 g/mol. The average Bonchev–Trinajstić information content (AvgIpc) is 3.00. The number of ether oxygens (including phenoxy) is 1. The van der Waals surface area contributed by atoms with Crippen LogP contribution in [0.3, 0.4) is 0 Å². The predicted octanol–water partition coefficient (Wildman–Crippen LogP) is 0.897. The summed E-state index contributed by atoms with van der Waals surface area (Å²) in [5, 5.41) is 2.20. The smallest absolute Gasteiger partial charge is 0.331 e. The fraction of sp³-hybridized carbons (Fsp3) is 0.600. The highest BCUT2D eigenvalue weighted by atomic mass is 16.5. The van der Waals surface area contributed by atoms with Gasteiger partial charge in [-0.1, -0.05) is 13.0 Å². The van der Waals surface area contributed by atoms with Gasteiger partial charge in [-0.25, -0.2) is 4.79 Å². The lowest BCUT2D eigenvalue weighted by Crippen LogP contribution is -2.59. The number of carbonyl (C=O) groups excluding carboxylic acids is 3. The minimum absolute atomic E-state index is 0.0502. The number of barbiturate groups is 1. The lowest BCUT2D eigenvalue weighted by atomic mass is 9.96. The van der Waals surface area contributed by atoms with E-state index in [-0.39, 0.29) is 12.6 Å². The van der Waals surface area contributed by atoms with E-state index in [1.54, 1.807) is 0 Å². The van der Waals surface area contributed by atoms with Crippen LogP contribution in [0.4, 0.5) is 4.79 Å². The number of hydrogen-bond donors (Lipinski definition) is 1. The van der Waals surface area contributed by atoms with Crippen molar-refractivity contribution in [2.75, 3.05) is 19.7 Å². The normalized spacial score (nSPS) is 26.3. The molecule has 2 aliphatic heterocycles. The number of imide groups is 2. The molecule has 0 saturated carbocycles. The fourth-order valence-electron chi connectivity index (χ4n) is 2.62. The Morgan fingerprint density at radius 2 is 2.27 bits per heavy atom. The van der Waals surface area contributed by atoms with Crippen molar-refractivity contribution >= 4 is 23.6 Å². The van der Waals surface area contributed by atoms with Gasteiger partial charge in [-0.05, 0) is 19.3 Å². The van der Waals surface area contributed by atoms with Crippen LogP contribution in [0.1, 0.15) is 26.2 Å². The quantitative estimate of drug-likeness (QED) is 0.448. The second-order valence-electron chi connectivity index (χ2n) is 5.29. The number of amides is 4. The number of aliphatic imine (C=N–C) groups is 1. The van der Waals surface area contributed by atoms with Crippen molar-refractivity contribution in [3.8, 4) is 0 Å². The van der Waals surface area contributed by atoms with Gasteiger partial charge in [-0.2, -0.15) is 0 Å². The highest BCUT2D eigenvalue weighted by molar-refractivity contribution is 6.27. The third-order valence-corrected chi connectivity index (χ3v) is 3.78. The van der Waals surface area contributed by atoms with E-state index in [0.29, 0.717) is 18.7 Å². The molecular formula is C15H21N3O4. The lowest BCUT2D eigenvalue weighted by molar-refractivity contribution is -0.139. The van der Waals surface area contributed by atoms with E-state index in [1.165, 1.54) is 6.08 Å². The number of rotatable bonds is 6. The highest BCUT2D eigenvalue weighted by Crippen LogP contribution is 2.17. The molecule has 1 unspecified atom stereocenters. The molecule has 7 heteroatoms. The third-order valence-electron chi connectivity index (χ3n) is 3.78. The van der Waals surface area contributed by atoms with Crippen LogP contribution in [0, 0.1) is 5.92 Å². The summed E-state index contributed by atoms with van der Waals surface area (Å²) in [6, 6.07) is -0.708. The van der Waals surface area contributed by atoms with Gasteiger partial charge in [0.1, 0.15) is 0 Å². The maximum absolute atomic E-state index is 12.4. The van der Waals surface area contributed by atoms with E-state index >= 15 is 0 Å². The SMILES string of the molecule is C=CCN1C(=O)NC(=O)C(C(CC)=NC[C@@H]2CCCO2)C1=O. The molecule has 1 N–H and O–H groups in total. The molecule has 2 atom stereocenters. The molecule has 2 fully saturated rings. The molecule has 7 nitrogen and oxygen atoms in total. The van der Waals surface area contributed by atoms with Crippen molar-refractivity contribution in [2.24, 2.45) is 10.9 Å². The fourth-order valence-corrected chi connectivity index (χ4v) is 2.62. The largest absolute Gasteiger partial charge is 0.376 e. The van der Waals surface area contributed by atoms with E-state index in [9.17, 15) is 14.4 Å². The van der Waals surface area contributed by atoms with Gasteiger partial charge in [-0.15, -0.1) is 6.58 Å². The summed E-state index contributed by atoms with van der Waals surface area (Å²) >= 11 is 0. The summed E-state index contributed by atoms with van der Waals surface area (Å²) in [7, 11) is 0. The Bertz CT molecular complexity index is 509. The van der Waals surface area contributed by atoms with Gasteiger partial charge in [0.25, 0.3) is 0 Å². The standard InChI is InChI=1S/C15H21N3O4/c1-3-7-18-14(20)12(13(19)17-15(18)21)11(4-2)16-9-10-6-5-8-22-10/h3,10,12H,1,4-9H2,2H3,(H,17,19,21)/t10-,12?/m0/s1. The first-order valence-corrected chi connectivity index (χ1v) is 7.50. The summed E-state index contributed by atoms with van der Waals surface area (Å²) in [4.78, 5) is 41.6. The third kappa shape index (κ3) is 3.41. The Kier molecular flexibility index (Phi) is 5.43. The molecule has 2 rings (SSSR count). The second-order valence-corrected chi connectivity index (χ2v) is 5.29. The van der Waals surface area contributed by atoms with Crippen LogP contribution in [0.2, 0.25) is 0 Å².